The van der Waals surface area contributed by atoms with Gasteiger partial charge in [-0.05, 0) is 43.7 Å². The average Bonchev–Trinajstić information content (AvgIpc) is 3.18. The van der Waals surface area contributed by atoms with Crippen LogP contribution in [-0.4, -0.2) is 32.9 Å². The van der Waals surface area contributed by atoms with Crippen molar-refractivity contribution in [2.45, 2.75) is 44.2 Å². The van der Waals surface area contributed by atoms with Crippen LogP contribution in [0.5, 0.6) is 0 Å². The number of furan rings is 1. The average molecular weight is 408 g/mol. The van der Waals surface area contributed by atoms with E-state index >= 15 is 0 Å². The van der Waals surface area contributed by atoms with Crippen LogP contribution in [0.25, 0.3) is 0 Å². The van der Waals surface area contributed by atoms with E-state index < -0.39 is 28.5 Å². The van der Waals surface area contributed by atoms with Crippen molar-refractivity contribution >= 4 is 21.9 Å². The highest BCUT2D eigenvalue weighted by Crippen LogP contribution is 2.13. The fraction of sp³-hybridized carbons (Fsp3) is 0.368. The third-order valence-electron chi connectivity index (χ3n) is 3.86. The second kappa shape index (κ2) is 10.0. The molecule has 0 saturated carbocycles. The van der Waals surface area contributed by atoms with Crippen LogP contribution in [0.2, 0.25) is 0 Å². The topological polar surface area (TPSA) is 115 Å². The van der Waals surface area contributed by atoms with Gasteiger partial charge < -0.3 is 14.5 Å². The number of amides is 1. The van der Waals surface area contributed by atoms with E-state index in [1.165, 1.54) is 30.5 Å². The molecular weight excluding hydrogens is 384 g/mol. The van der Waals surface area contributed by atoms with Gasteiger partial charge in [0, 0.05) is 6.04 Å². The summed E-state index contributed by atoms with van der Waals surface area (Å²) in [7, 11) is -3.84. The molecule has 28 heavy (non-hydrogen) atoms. The van der Waals surface area contributed by atoms with E-state index in [9.17, 15) is 18.0 Å². The number of ether oxygens (including phenoxy) is 1. The summed E-state index contributed by atoms with van der Waals surface area (Å²) >= 11 is 0. The Kier molecular flexibility index (Phi) is 7.77. The lowest BCUT2D eigenvalue weighted by Crippen LogP contribution is -2.35. The molecule has 0 aliphatic rings. The van der Waals surface area contributed by atoms with Gasteiger partial charge in [-0.2, -0.15) is 0 Å². The first kappa shape index (κ1) is 21.6. The largest absolute Gasteiger partial charge is 0.468 e. The Balaban J connectivity index is 1.95. The Morgan fingerprint density at radius 1 is 1.21 bits per heavy atom. The van der Waals surface area contributed by atoms with E-state index in [0.29, 0.717) is 5.76 Å². The second-order valence-electron chi connectivity index (χ2n) is 6.27. The van der Waals surface area contributed by atoms with Gasteiger partial charge in [0.15, 0.2) is 6.61 Å². The molecule has 0 aliphatic heterocycles. The third kappa shape index (κ3) is 6.50. The maximum atomic E-state index is 12.4. The molecule has 8 nitrogen and oxygen atoms in total. The van der Waals surface area contributed by atoms with Crippen LogP contribution in [0.3, 0.4) is 0 Å². The lowest BCUT2D eigenvalue weighted by molar-refractivity contribution is -0.124. The SMILES string of the molecule is CCC[C@H](C)NC(=O)COC(=O)c1cccc(S(=O)(=O)NCc2ccco2)c1. The van der Waals surface area contributed by atoms with Crippen molar-refractivity contribution in [1.29, 1.82) is 0 Å². The maximum absolute atomic E-state index is 12.4. The monoisotopic (exact) mass is 408 g/mol. The van der Waals surface area contributed by atoms with Crippen molar-refractivity contribution in [2.24, 2.45) is 0 Å². The first-order chi connectivity index (χ1) is 13.3. The highest BCUT2D eigenvalue weighted by molar-refractivity contribution is 7.89. The van der Waals surface area contributed by atoms with Crippen LogP contribution in [-0.2, 0) is 26.1 Å². The fourth-order valence-corrected chi connectivity index (χ4v) is 3.53. The summed E-state index contributed by atoms with van der Waals surface area (Å²) in [5.74, 6) is -0.720. The zero-order chi connectivity index (χ0) is 20.6. The molecular formula is C19H24N2O6S. The number of rotatable bonds is 10. The zero-order valence-electron chi connectivity index (χ0n) is 15.8. The summed E-state index contributed by atoms with van der Waals surface area (Å²) in [6, 6.07) is 8.70. The van der Waals surface area contributed by atoms with E-state index in [0.717, 1.165) is 12.8 Å². The first-order valence-corrected chi connectivity index (χ1v) is 10.4. The van der Waals surface area contributed by atoms with Crippen LogP contribution in [0.4, 0.5) is 0 Å². The summed E-state index contributed by atoms with van der Waals surface area (Å²) in [5, 5.41) is 2.72. The minimum absolute atomic E-state index is 0.00934. The minimum atomic E-state index is -3.84. The number of hydrogen-bond acceptors (Lipinski definition) is 6. The molecule has 0 saturated heterocycles. The molecule has 2 aromatic rings. The number of carbonyl (C=O) groups excluding carboxylic acids is 2. The highest BCUT2D eigenvalue weighted by Gasteiger charge is 2.18. The molecule has 2 rings (SSSR count). The number of nitrogens with one attached hydrogen (secondary N) is 2. The number of benzene rings is 1. The number of esters is 1. The van der Waals surface area contributed by atoms with Gasteiger partial charge in [-0.1, -0.05) is 19.4 Å². The molecule has 1 amide bonds. The van der Waals surface area contributed by atoms with E-state index in [4.69, 9.17) is 9.15 Å². The van der Waals surface area contributed by atoms with Gasteiger partial charge in [0.05, 0.1) is 23.3 Å². The summed E-state index contributed by atoms with van der Waals surface area (Å²) in [6.07, 6.45) is 3.19. The summed E-state index contributed by atoms with van der Waals surface area (Å²) in [4.78, 5) is 23.8. The standard InChI is InChI=1S/C19H24N2O6S/c1-3-6-14(2)21-18(22)13-27-19(23)15-7-4-9-17(11-15)28(24,25)20-12-16-8-5-10-26-16/h4-5,7-11,14,20H,3,6,12-13H2,1-2H3,(H,21,22)/t14-/m0/s1. The fourth-order valence-electron chi connectivity index (χ4n) is 2.49. The molecule has 0 spiro atoms. The van der Waals surface area contributed by atoms with E-state index in [1.54, 1.807) is 12.1 Å². The van der Waals surface area contributed by atoms with Crippen LogP contribution >= 0.6 is 0 Å². The smallest absolute Gasteiger partial charge is 0.338 e. The quantitative estimate of drug-likeness (QED) is 0.583. The Hall–Kier alpha value is -2.65. The number of hydrogen-bond donors (Lipinski definition) is 2. The van der Waals surface area contributed by atoms with Gasteiger partial charge in [-0.15, -0.1) is 0 Å². The number of sulfonamides is 1. The van der Waals surface area contributed by atoms with Gasteiger partial charge in [0.2, 0.25) is 10.0 Å². The van der Waals surface area contributed by atoms with Crippen LogP contribution in [0.15, 0.2) is 52.0 Å². The molecule has 0 bridgehead atoms. The lowest BCUT2D eigenvalue weighted by atomic mass is 10.2. The van der Waals surface area contributed by atoms with Crippen molar-refractivity contribution in [1.82, 2.24) is 10.0 Å². The minimum Gasteiger partial charge on any atom is -0.468 e. The third-order valence-corrected chi connectivity index (χ3v) is 5.26. The molecule has 1 heterocycles. The first-order valence-electron chi connectivity index (χ1n) is 8.90. The van der Waals surface area contributed by atoms with Gasteiger partial charge in [-0.25, -0.2) is 17.9 Å². The molecule has 0 radical (unpaired) electrons. The predicted octanol–water partition coefficient (Wildman–Crippen LogP) is 2.22. The van der Waals surface area contributed by atoms with E-state index in [1.807, 2.05) is 13.8 Å². The van der Waals surface area contributed by atoms with Gasteiger partial charge in [-0.3, -0.25) is 4.79 Å². The molecule has 152 valence electrons. The maximum Gasteiger partial charge on any atom is 0.338 e. The Morgan fingerprint density at radius 2 is 2.00 bits per heavy atom. The normalized spacial score (nSPS) is 12.4. The Morgan fingerprint density at radius 3 is 2.68 bits per heavy atom. The van der Waals surface area contributed by atoms with Crippen LogP contribution < -0.4 is 10.0 Å². The molecule has 1 atom stereocenters. The zero-order valence-corrected chi connectivity index (χ0v) is 16.6. The summed E-state index contributed by atoms with van der Waals surface area (Å²) in [6.45, 7) is 3.43. The molecule has 2 N–H and O–H groups in total. The highest BCUT2D eigenvalue weighted by atomic mass is 32.2. The molecule has 9 heteroatoms. The van der Waals surface area contributed by atoms with Gasteiger partial charge in [0.25, 0.3) is 5.91 Å². The Labute approximate surface area is 164 Å². The number of carbonyl (C=O) groups is 2. The van der Waals surface area contributed by atoms with E-state index in [2.05, 4.69) is 10.0 Å². The Bertz CT molecular complexity index is 893. The van der Waals surface area contributed by atoms with E-state index in [-0.39, 0.29) is 23.0 Å². The molecule has 1 aromatic carbocycles. The van der Waals surface area contributed by atoms with Crippen molar-refractivity contribution < 1.29 is 27.2 Å². The molecule has 0 unspecified atom stereocenters. The molecule has 0 aliphatic carbocycles. The van der Waals surface area contributed by atoms with Crippen LogP contribution in [0, 0.1) is 0 Å². The molecule has 1 aromatic heterocycles. The van der Waals surface area contributed by atoms with Crippen molar-refractivity contribution in [3.8, 4) is 0 Å². The van der Waals surface area contributed by atoms with Crippen molar-refractivity contribution in [3.05, 3.63) is 54.0 Å². The van der Waals surface area contributed by atoms with Gasteiger partial charge >= 0.3 is 5.97 Å². The van der Waals surface area contributed by atoms with Gasteiger partial charge in [0.1, 0.15) is 5.76 Å². The van der Waals surface area contributed by atoms with Crippen molar-refractivity contribution in [3.63, 3.8) is 0 Å². The second-order valence-corrected chi connectivity index (χ2v) is 8.03. The molecule has 0 fully saturated rings. The summed E-state index contributed by atoms with van der Waals surface area (Å²) in [5.41, 5.74) is 0.0373. The van der Waals surface area contributed by atoms with Crippen LogP contribution in [0.1, 0.15) is 42.8 Å². The van der Waals surface area contributed by atoms with Crippen molar-refractivity contribution in [2.75, 3.05) is 6.61 Å². The lowest BCUT2D eigenvalue weighted by Gasteiger charge is -2.13. The predicted molar refractivity (Wildman–Crippen MR) is 102 cm³/mol. The summed E-state index contributed by atoms with van der Waals surface area (Å²) < 4.78 is 37.2.